The molecular formula is C7H10O3. The van der Waals surface area contributed by atoms with E-state index in [1.807, 2.05) is 6.92 Å². The van der Waals surface area contributed by atoms with Crippen molar-refractivity contribution in [3.63, 3.8) is 0 Å². The number of allylic oxidation sites excluding steroid dienone is 1. The molecule has 1 aliphatic rings. The molecule has 0 bridgehead atoms. The second-order valence-electron chi connectivity index (χ2n) is 2.04. The summed E-state index contributed by atoms with van der Waals surface area (Å²) < 4.78 is 9.35. The molecule has 1 heterocycles. The number of carbonyl (C=O) groups is 1. The standard InChI is InChI=1S/C7H10O3/c1-2-3-4-9-7(8)6-5-10-6/h3-4,6H,2,5H2,1H3. The molecule has 1 aliphatic heterocycles. The quantitative estimate of drug-likeness (QED) is 0.333. The van der Waals surface area contributed by atoms with E-state index in [4.69, 9.17) is 4.74 Å². The van der Waals surface area contributed by atoms with E-state index >= 15 is 0 Å². The molecule has 1 rings (SSSR count). The molecule has 0 aliphatic carbocycles. The average Bonchev–Trinajstić information content (AvgIpc) is 2.69. The number of ether oxygens (including phenoxy) is 2. The van der Waals surface area contributed by atoms with E-state index < -0.39 is 0 Å². The van der Waals surface area contributed by atoms with Gasteiger partial charge in [0.15, 0.2) is 6.10 Å². The summed E-state index contributed by atoms with van der Waals surface area (Å²) in [5, 5.41) is 0. The van der Waals surface area contributed by atoms with E-state index in [0.717, 1.165) is 6.42 Å². The molecule has 0 saturated carbocycles. The van der Waals surface area contributed by atoms with Crippen molar-refractivity contribution in [2.75, 3.05) is 6.61 Å². The molecular weight excluding hydrogens is 132 g/mol. The molecule has 10 heavy (non-hydrogen) atoms. The molecule has 1 unspecified atom stereocenters. The summed E-state index contributed by atoms with van der Waals surface area (Å²) in [6.07, 6.45) is 3.77. The van der Waals surface area contributed by atoms with E-state index in [-0.39, 0.29) is 12.1 Å². The Bertz CT molecular complexity index is 147. The van der Waals surface area contributed by atoms with Gasteiger partial charge in [-0.1, -0.05) is 6.92 Å². The highest BCUT2D eigenvalue weighted by atomic mass is 16.6. The van der Waals surface area contributed by atoms with Gasteiger partial charge in [-0.05, 0) is 12.5 Å². The number of esters is 1. The summed E-state index contributed by atoms with van der Waals surface area (Å²) in [5.41, 5.74) is 0. The lowest BCUT2D eigenvalue weighted by atomic mass is 10.5. The second-order valence-corrected chi connectivity index (χ2v) is 2.04. The predicted octanol–water partition coefficient (Wildman–Crippen LogP) is 0.852. The van der Waals surface area contributed by atoms with Gasteiger partial charge >= 0.3 is 5.97 Å². The molecule has 0 aromatic carbocycles. The highest BCUT2D eigenvalue weighted by Crippen LogP contribution is 2.10. The molecule has 3 nitrogen and oxygen atoms in total. The first kappa shape index (κ1) is 7.28. The van der Waals surface area contributed by atoms with E-state index in [9.17, 15) is 4.79 Å². The van der Waals surface area contributed by atoms with Crippen molar-refractivity contribution < 1.29 is 14.3 Å². The Kier molecular flexibility index (Phi) is 2.45. The molecule has 1 fully saturated rings. The Morgan fingerprint density at radius 1 is 1.90 bits per heavy atom. The van der Waals surface area contributed by atoms with Crippen LogP contribution < -0.4 is 0 Å². The van der Waals surface area contributed by atoms with Crippen LogP contribution in [0.2, 0.25) is 0 Å². The number of epoxide rings is 1. The molecule has 3 heteroatoms. The number of carbonyl (C=O) groups excluding carboxylic acids is 1. The van der Waals surface area contributed by atoms with Crippen LogP contribution in [0.4, 0.5) is 0 Å². The molecule has 1 atom stereocenters. The maximum absolute atomic E-state index is 10.7. The number of rotatable bonds is 3. The Morgan fingerprint density at radius 3 is 3.10 bits per heavy atom. The van der Waals surface area contributed by atoms with Gasteiger partial charge in [0.25, 0.3) is 0 Å². The van der Waals surface area contributed by atoms with Crippen LogP contribution in [0, 0.1) is 0 Å². The van der Waals surface area contributed by atoms with Crippen LogP contribution in [-0.2, 0) is 14.3 Å². The molecule has 56 valence electrons. The van der Waals surface area contributed by atoms with Gasteiger partial charge in [-0.2, -0.15) is 0 Å². The molecule has 0 radical (unpaired) electrons. The van der Waals surface area contributed by atoms with Gasteiger partial charge in [0.05, 0.1) is 12.9 Å². The van der Waals surface area contributed by atoms with Crippen LogP contribution in [0.3, 0.4) is 0 Å². The van der Waals surface area contributed by atoms with Crippen molar-refractivity contribution in [2.24, 2.45) is 0 Å². The van der Waals surface area contributed by atoms with Crippen molar-refractivity contribution in [1.29, 1.82) is 0 Å². The molecule has 0 spiro atoms. The van der Waals surface area contributed by atoms with Gasteiger partial charge < -0.3 is 9.47 Å². The minimum atomic E-state index is -0.290. The van der Waals surface area contributed by atoms with Crippen molar-refractivity contribution in [3.05, 3.63) is 12.3 Å². The average molecular weight is 142 g/mol. The van der Waals surface area contributed by atoms with E-state index in [2.05, 4.69) is 4.74 Å². The lowest BCUT2D eigenvalue weighted by Crippen LogP contribution is -2.07. The zero-order valence-corrected chi connectivity index (χ0v) is 5.87. The Labute approximate surface area is 59.6 Å². The third-order valence-corrected chi connectivity index (χ3v) is 1.11. The molecule has 0 N–H and O–H groups in total. The van der Waals surface area contributed by atoms with Gasteiger partial charge in [0.2, 0.25) is 0 Å². The summed E-state index contributed by atoms with van der Waals surface area (Å²) in [7, 11) is 0. The zero-order valence-electron chi connectivity index (χ0n) is 5.87. The van der Waals surface area contributed by atoms with Crippen LogP contribution in [0.1, 0.15) is 13.3 Å². The first-order valence-corrected chi connectivity index (χ1v) is 3.31. The van der Waals surface area contributed by atoms with Crippen LogP contribution >= 0.6 is 0 Å². The number of hydrogen-bond donors (Lipinski definition) is 0. The van der Waals surface area contributed by atoms with Gasteiger partial charge in [0.1, 0.15) is 0 Å². The van der Waals surface area contributed by atoms with E-state index in [1.165, 1.54) is 6.26 Å². The van der Waals surface area contributed by atoms with Gasteiger partial charge in [-0.3, -0.25) is 0 Å². The molecule has 0 aromatic heterocycles. The van der Waals surface area contributed by atoms with Gasteiger partial charge in [0, 0.05) is 0 Å². The third-order valence-electron chi connectivity index (χ3n) is 1.11. The van der Waals surface area contributed by atoms with Crippen molar-refractivity contribution in [1.82, 2.24) is 0 Å². The Hall–Kier alpha value is -0.830. The SMILES string of the molecule is CCC=COC(=O)C1CO1. The smallest absolute Gasteiger partial charge is 0.342 e. The maximum atomic E-state index is 10.7. The summed E-state index contributed by atoms with van der Waals surface area (Å²) in [4.78, 5) is 10.7. The molecule has 0 aromatic rings. The van der Waals surface area contributed by atoms with Crippen LogP contribution in [0.25, 0.3) is 0 Å². The Morgan fingerprint density at radius 2 is 2.60 bits per heavy atom. The second kappa shape index (κ2) is 3.37. The number of hydrogen-bond acceptors (Lipinski definition) is 3. The summed E-state index contributed by atoms with van der Waals surface area (Å²) >= 11 is 0. The fourth-order valence-corrected chi connectivity index (χ4v) is 0.471. The Balaban J connectivity index is 2.11. The minimum Gasteiger partial charge on any atom is -0.433 e. The first-order valence-electron chi connectivity index (χ1n) is 3.31. The predicted molar refractivity (Wildman–Crippen MR) is 35.3 cm³/mol. The summed E-state index contributed by atoms with van der Waals surface area (Å²) in [6, 6.07) is 0. The highest BCUT2D eigenvalue weighted by Gasteiger charge is 2.32. The molecule has 1 saturated heterocycles. The van der Waals surface area contributed by atoms with Crippen LogP contribution in [0.5, 0.6) is 0 Å². The maximum Gasteiger partial charge on any atom is 0.342 e. The topological polar surface area (TPSA) is 38.8 Å². The third kappa shape index (κ3) is 2.19. The monoisotopic (exact) mass is 142 g/mol. The molecule has 0 amide bonds. The lowest BCUT2D eigenvalue weighted by molar-refractivity contribution is -0.139. The fraction of sp³-hybridized carbons (Fsp3) is 0.571. The largest absolute Gasteiger partial charge is 0.433 e. The normalized spacial score (nSPS) is 23.1. The highest BCUT2D eigenvalue weighted by molar-refractivity contribution is 5.77. The summed E-state index contributed by atoms with van der Waals surface area (Å²) in [5.74, 6) is -0.287. The fourth-order valence-electron chi connectivity index (χ4n) is 0.471. The van der Waals surface area contributed by atoms with Crippen LogP contribution in [0.15, 0.2) is 12.3 Å². The van der Waals surface area contributed by atoms with E-state index in [1.54, 1.807) is 6.08 Å². The first-order chi connectivity index (χ1) is 4.84. The lowest BCUT2D eigenvalue weighted by Gasteiger charge is -1.91. The van der Waals surface area contributed by atoms with Crippen molar-refractivity contribution >= 4 is 5.97 Å². The van der Waals surface area contributed by atoms with Crippen molar-refractivity contribution in [3.8, 4) is 0 Å². The summed E-state index contributed by atoms with van der Waals surface area (Å²) in [6.45, 7) is 2.48. The van der Waals surface area contributed by atoms with Crippen molar-refractivity contribution in [2.45, 2.75) is 19.4 Å². The van der Waals surface area contributed by atoms with Gasteiger partial charge in [-0.25, -0.2) is 4.79 Å². The minimum absolute atomic E-state index is 0.287. The van der Waals surface area contributed by atoms with Crippen LogP contribution in [-0.4, -0.2) is 18.7 Å². The van der Waals surface area contributed by atoms with Gasteiger partial charge in [-0.15, -0.1) is 0 Å². The zero-order chi connectivity index (χ0) is 7.40. The van der Waals surface area contributed by atoms with E-state index in [0.29, 0.717) is 6.61 Å².